The average molecular weight is 456 g/mol. The molecule has 0 radical (unpaired) electrons. The number of halogens is 4. The summed E-state index contributed by atoms with van der Waals surface area (Å²) in [6.45, 7) is 3.40. The van der Waals surface area contributed by atoms with Crippen molar-refractivity contribution in [2.24, 2.45) is 5.92 Å². The lowest BCUT2D eigenvalue weighted by Crippen LogP contribution is -2.17. The third-order valence-electron chi connectivity index (χ3n) is 4.70. The van der Waals surface area contributed by atoms with Gasteiger partial charge in [0.15, 0.2) is 5.78 Å². The summed E-state index contributed by atoms with van der Waals surface area (Å²) < 4.78 is 43.6. The van der Waals surface area contributed by atoms with Gasteiger partial charge < -0.3 is 10.1 Å². The van der Waals surface area contributed by atoms with Crippen LogP contribution < -0.4 is 10.1 Å². The van der Waals surface area contributed by atoms with Gasteiger partial charge in [-0.2, -0.15) is 13.2 Å². The molecule has 166 valence electrons. The average Bonchev–Trinajstić information content (AvgIpc) is 3.51. The van der Waals surface area contributed by atoms with Crippen LogP contribution in [0.4, 0.5) is 19.0 Å². The molecule has 0 aromatic carbocycles. The number of alkyl halides is 3. The van der Waals surface area contributed by atoms with E-state index in [1.807, 2.05) is 0 Å². The number of hydrogen-bond acceptors (Lipinski definition) is 5. The molecule has 1 fully saturated rings. The molecule has 0 unspecified atom stereocenters. The van der Waals surface area contributed by atoms with Crippen molar-refractivity contribution < 1.29 is 27.5 Å². The number of anilines is 1. The summed E-state index contributed by atoms with van der Waals surface area (Å²) in [4.78, 5) is 32.4. The summed E-state index contributed by atoms with van der Waals surface area (Å²) in [5.41, 5.74) is 0.0452. The van der Waals surface area contributed by atoms with Crippen LogP contribution in [-0.4, -0.2) is 27.8 Å². The molecule has 1 amide bonds. The van der Waals surface area contributed by atoms with Crippen molar-refractivity contribution in [2.45, 2.75) is 51.8 Å². The molecule has 2 aromatic rings. The first-order valence-corrected chi connectivity index (χ1v) is 10.1. The number of nitrogens with one attached hydrogen (secondary N) is 1. The Labute approximate surface area is 182 Å². The third-order valence-corrected chi connectivity index (χ3v) is 4.97. The Bertz CT molecular complexity index is 994. The van der Waals surface area contributed by atoms with Gasteiger partial charge in [-0.1, -0.05) is 11.6 Å². The van der Waals surface area contributed by atoms with Crippen molar-refractivity contribution in [2.75, 3.05) is 5.32 Å². The quantitative estimate of drug-likeness (QED) is 0.551. The van der Waals surface area contributed by atoms with E-state index in [-0.39, 0.29) is 34.9 Å². The van der Waals surface area contributed by atoms with Crippen LogP contribution in [0.15, 0.2) is 24.4 Å². The highest BCUT2D eigenvalue weighted by atomic mass is 35.5. The predicted octanol–water partition coefficient (Wildman–Crippen LogP) is 5.24. The van der Waals surface area contributed by atoms with Crippen LogP contribution in [-0.2, 0) is 11.0 Å². The minimum Gasteiger partial charge on any atom is -0.474 e. The number of aryl methyl sites for hydroxylation is 1. The van der Waals surface area contributed by atoms with Gasteiger partial charge in [-0.25, -0.2) is 9.97 Å². The van der Waals surface area contributed by atoms with E-state index in [0.29, 0.717) is 29.7 Å². The summed E-state index contributed by atoms with van der Waals surface area (Å²) in [5, 5.41) is 2.47. The Hall–Kier alpha value is -2.68. The fraction of sp³-hybridized carbons (Fsp3) is 0.429. The lowest BCUT2D eigenvalue weighted by molar-refractivity contribution is -0.137. The Morgan fingerprint density at radius 1 is 1.29 bits per heavy atom. The van der Waals surface area contributed by atoms with Crippen LogP contribution in [0.3, 0.4) is 0 Å². The maximum Gasteiger partial charge on any atom is 0.417 e. The standard InChI is InChI=1S/C21H21ClF3N3O3/c1-11-7-14(8-18(27-11)28-19(30)13-4-5-13)17(29)6-3-12(2)31-20-16(22)9-15(10-26-20)21(23,24)25/h7-10,12-13H,3-6H2,1-2H3,(H,27,28,30)/t12-/m1/s1. The number of ketones is 1. The van der Waals surface area contributed by atoms with E-state index in [0.717, 1.165) is 18.9 Å². The van der Waals surface area contributed by atoms with E-state index in [1.165, 1.54) is 6.07 Å². The summed E-state index contributed by atoms with van der Waals surface area (Å²) in [7, 11) is 0. The zero-order valence-electron chi connectivity index (χ0n) is 16.9. The van der Waals surface area contributed by atoms with Crippen LogP contribution in [0.5, 0.6) is 5.88 Å². The molecular weight excluding hydrogens is 435 g/mol. The van der Waals surface area contributed by atoms with Crippen LogP contribution >= 0.6 is 11.6 Å². The normalized spacial score (nSPS) is 14.8. The molecule has 0 bridgehead atoms. The van der Waals surface area contributed by atoms with E-state index in [1.54, 1.807) is 19.9 Å². The maximum atomic E-state index is 12.7. The molecule has 0 saturated heterocycles. The zero-order valence-corrected chi connectivity index (χ0v) is 17.7. The number of amides is 1. The number of rotatable bonds is 8. The number of Topliss-reactive ketones (excluding diaryl/α,β-unsaturated/α-hetero) is 1. The van der Waals surface area contributed by atoms with Crippen molar-refractivity contribution in [3.8, 4) is 5.88 Å². The Balaban J connectivity index is 1.57. The van der Waals surface area contributed by atoms with Gasteiger partial charge in [-0.05, 0) is 51.3 Å². The van der Waals surface area contributed by atoms with Gasteiger partial charge in [-0.3, -0.25) is 9.59 Å². The number of carbonyl (C=O) groups is 2. The van der Waals surface area contributed by atoms with E-state index in [2.05, 4.69) is 15.3 Å². The molecule has 3 rings (SSSR count). The molecule has 2 aromatic heterocycles. The summed E-state index contributed by atoms with van der Waals surface area (Å²) in [5.74, 6) is -0.0383. The fourth-order valence-electron chi connectivity index (χ4n) is 2.86. The number of pyridine rings is 2. The summed E-state index contributed by atoms with van der Waals surface area (Å²) in [6, 6.07) is 3.92. The van der Waals surface area contributed by atoms with Crippen molar-refractivity contribution in [1.29, 1.82) is 0 Å². The SMILES string of the molecule is Cc1cc(C(=O)CC[C@@H](C)Oc2ncc(C(F)(F)F)cc2Cl)cc(NC(=O)C2CC2)n1. The second kappa shape index (κ2) is 9.21. The Morgan fingerprint density at radius 2 is 2.00 bits per heavy atom. The van der Waals surface area contributed by atoms with Gasteiger partial charge >= 0.3 is 6.18 Å². The lowest BCUT2D eigenvalue weighted by atomic mass is 10.0. The lowest BCUT2D eigenvalue weighted by Gasteiger charge is -2.15. The minimum absolute atomic E-state index is 0.0186. The molecule has 0 aliphatic heterocycles. The Kier molecular flexibility index (Phi) is 6.83. The summed E-state index contributed by atoms with van der Waals surface area (Å²) in [6.07, 6.45) is -2.27. The van der Waals surface area contributed by atoms with Gasteiger partial charge in [0.2, 0.25) is 11.8 Å². The van der Waals surface area contributed by atoms with Gasteiger partial charge in [0, 0.05) is 29.8 Å². The first-order chi connectivity index (χ1) is 14.5. The zero-order chi connectivity index (χ0) is 22.8. The maximum absolute atomic E-state index is 12.7. The van der Waals surface area contributed by atoms with Gasteiger partial charge in [0.05, 0.1) is 11.7 Å². The van der Waals surface area contributed by atoms with Gasteiger partial charge in [0.1, 0.15) is 10.8 Å². The minimum atomic E-state index is -4.55. The highest BCUT2D eigenvalue weighted by molar-refractivity contribution is 6.31. The Morgan fingerprint density at radius 3 is 2.61 bits per heavy atom. The van der Waals surface area contributed by atoms with Gasteiger partial charge in [0.25, 0.3) is 0 Å². The van der Waals surface area contributed by atoms with E-state index >= 15 is 0 Å². The molecule has 1 aliphatic rings. The molecule has 6 nitrogen and oxygen atoms in total. The number of ether oxygens (including phenoxy) is 1. The van der Waals surface area contributed by atoms with Crippen LogP contribution in [0, 0.1) is 12.8 Å². The molecule has 2 heterocycles. The molecule has 1 saturated carbocycles. The smallest absolute Gasteiger partial charge is 0.417 e. The molecular formula is C21H21ClF3N3O3. The van der Waals surface area contributed by atoms with E-state index in [9.17, 15) is 22.8 Å². The number of carbonyl (C=O) groups excluding carboxylic acids is 2. The second-order valence-electron chi connectivity index (χ2n) is 7.55. The number of hydrogen-bond donors (Lipinski definition) is 1. The first kappa shape index (κ1) is 23.0. The highest BCUT2D eigenvalue weighted by Crippen LogP contribution is 2.33. The predicted molar refractivity (Wildman–Crippen MR) is 108 cm³/mol. The topological polar surface area (TPSA) is 81.2 Å². The van der Waals surface area contributed by atoms with Crippen molar-refractivity contribution in [3.63, 3.8) is 0 Å². The van der Waals surface area contributed by atoms with Crippen LogP contribution in [0.2, 0.25) is 5.02 Å². The summed E-state index contributed by atoms with van der Waals surface area (Å²) >= 11 is 5.85. The molecule has 0 spiro atoms. The molecule has 10 heteroatoms. The fourth-order valence-corrected chi connectivity index (χ4v) is 3.07. The van der Waals surface area contributed by atoms with Crippen molar-refractivity contribution in [3.05, 3.63) is 46.2 Å². The van der Waals surface area contributed by atoms with Crippen LogP contribution in [0.25, 0.3) is 0 Å². The van der Waals surface area contributed by atoms with Crippen LogP contribution in [0.1, 0.15) is 54.2 Å². The monoisotopic (exact) mass is 455 g/mol. The van der Waals surface area contributed by atoms with Gasteiger partial charge in [-0.15, -0.1) is 0 Å². The molecule has 1 atom stereocenters. The number of nitrogens with zero attached hydrogens (tertiary/aromatic N) is 2. The molecule has 1 aliphatic carbocycles. The number of aromatic nitrogens is 2. The first-order valence-electron chi connectivity index (χ1n) is 9.75. The van der Waals surface area contributed by atoms with E-state index < -0.39 is 17.8 Å². The molecule has 1 N–H and O–H groups in total. The largest absolute Gasteiger partial charge is 0.474 e. The second-order valence-corrected chi connectivity index (χ2v) is 7.95. The highest BCUT2D eigenvalue weighted by Gasteiger charge is 2.32. The molecule has 31 heavy (non-hydrogen) atoms. The van der Waals surface area contributed by atoms with Crippen molar-refractivity contribution in [1.82, 2.24) is 9.97 Å². The third kappa shape index (κ3) is 6.40. The van der Waals surface area contributed by atoms with E-state index in [4.69, 9.17) is 16.3 Å². The van der Waals surface area contributed by atoms with Crippen molar-refractivity contribution >= 4 is 29.1 Å².